The molecule has 0 aromatic heterocycles. The van der Waals surface area contributed by atoms with Crippen LogP contribution >= 0.6 is 0 Å². The molecule has 2 aliphatic carbocycles. The van der Waals surface area contributed by atoms with E-state index in [0.717, 1.165) is 38.5 Å². The number of urea groups is 1. The standard InChI is InChI=1S/C22H38N4O5/c1-14(21(30)23-15(2)13-20(28)29)12-19(27)24-17-8-10-18(11-9-17)26-22(31)25-16-6-4-3-5-7-16/h14-18H,3-13H2,1-2H3,(H,23,30)(H,24,27)(H,28,29)(H2,25,26,31)/t14?,15-,17?,18?/m1/s1. The molecular formula is C22H38N4O5. The van der Waals surface area contributed by atoms with Gasteiger partial charge in [-0.1, -0.05) is 26.2 Å². The van der Waals surface area contributed by atoms with Crippen LogP contribution in [0.4, 0.5) is 4.79 Å². The smallest absolute Gasteiger partial charge is 0.315 e. The topological polar surface area (TPSA) is 137 Å². The summed E-state index contributed by atoms with van der Waals surface area (Å²) in [6.07, 6.45) is 8.83. The van der Waals surface area contributed by atoms with Crippen molar-refractivity contribution in [3.05, 3.63) is 0 Å². The van der Waals surface area contributed by atoms with Crippen LogP contribution in [0.1, 0.15) is 84.5 Å². The van der Waals surface area contributed by atoms with E-state index in [4.69, 9.17) is 5.11 Å². The van der Waals surface area contributed by atoms with Gasteiger partial charge in [-0.05, 0) is 45.4 Å². The maximum Gasteiger partial charge on any atom is 0.315 e. The van der Waals surface area contributed by atoms with Gasteiger partial charge < -0.3 is 26.4 Å². The van der Waals surface area contributed by atoms with E-state index in [2.05, 4.69) is 21.3 Å². The summed E-state index contributed by atoms with van der Waals surface area (Å²) < 4.78 is 0. The van der Waals surface area contributed by atoms with Gasteiger partial charge in [-0.2, -0.15) is 0 Å². The lowest BCUT2D eigenvalue weighted by Gasteiger charge is -2.31. The fourth-order valence-corrected chi connectivity index (χ4v) is 4.40. The number of rotatable bonds is 9. The molecule has 2 rings (SSSR count). The number of carboxylic acids is 1. The number of carboxylic acid groups (broad SMARTS) is 1. The first kappa shape index (κ1) is 24.9. The molecule has 0 radical (unpaired) electrons. The second-order valence-electron chi connectivity index (χ2n) is 9.18. The Bertz CT molecular complexity index is 627. The van der Waals surface area contributed by atoms with Crippen molar-refractivity contribution in [1.82, 2.24) is 21.3 Å². The first-order valence-electron chi connectivity index (χ1n) is 11.6. The van der Waals surface area contributed by atoms with Crippen LogP contribution in [0.15, 0.2) is 0 Å². The molecule has 0 aromatic rings. The molecule has 31 heavy (non-hydrogen) atoms. The normalized spacial score (nSPS) is 23.8. The number of amides is 4. The van der Waals surface area contributed by atoms with E-state index in [9.17, 15) is 19.2 Å². The summed E-state index contributed by atoms with van der Waals surface area (Å²) in [6, 6.07) is -0.106. The Hall–Kier alpha value is -2.32. The third-order valence-electron chi connectivity index (χ3n) is 6.18. The molecule has 2 fully saturated rings. The van der Waals surface area contributed by atoms with Crippen molar-refractivity contribution in [2.45, 2.75) is 109 Å². The van der Waals surface area contributed by atoms with E-state index >= 15 is 0 Å². The summed E-state index contributed by atoms with van der Waals surface area (Å²) in [5, 5.41) is 20.5. The van der Waals surface area contributed by atoms with Crippen LogP contribution in [0.5, 0.6) is 0 Å². The summed E-state index contributed by atoms with van der Waals surface area (Å²) in [4.78, 5) is 47.3. The maximum absolute atomic E-state index is 12.3. The highest BCUT2D eigenvalue weighted by atomic mass is 16.4. The Labute approximate surface area is 184 Å². The molecule has 0 aliphatic heterocycles. The molecule has 0 bridgehead atoms. The molecule has 0 heterocycles. The third kappa shape index (κ3) is 9.57. The monoisotopic (exact) mass is 438 g/mol. The zero-order chi connectivity index (χ0) is 22.8. The number of hydrogen-bond donors (Lipinski definition) is 5. The zero-order valence-corrected chi connectivity index (χ0v) is 18.7. The van der Waals surface area contributed by atoms with Gasteiger partial charge >= 0.3 is 12.0 Å². The highest BCUT2D eigenvalue weighted by Crippen LogP contribution is 2.20. The van der Waals surface area contributed by atoms with Crippen LogP contribution < -0.4 is 21.3 Å². The minimum atomic E-state index is -0.977. The third-order valence-corrected chi connectivity index (χ3v) is 6.18. The summed E-state index contributed by atoms with van der Waals surface area (Å²) in [7, 11) is 0. The average Bonchev–Trinajstić information content (AvgIpc) is 2.69. The van der Waals surface area contributed by atoms with Crippen molar-refractivity contribution < 1.29 is 24.3 Å². The molecule has 2 atom stereocenters. The van der Waals surface area contributed by atoms with Crippen molar-refractivity contribution in [3.8, 4) is 0 Å². The molecule has 0 aromatic carbocycles. The average molecular weight is 439 g/mol. The summed E-state index contributed by atoms with van der Waals surface area (Å²) in [5.41, 5.74) is 0. The fraction of sp³-hybridized carbons (Fsp3) is 0.818. The number of hydrogen-bond acceptors (Lipinski definition) is 4. The van der Waals surface area contributed by atoms with Crippen LogP contribution in [0.25, 0.3) is 0 Å². The lowest BCUT2D eigenvalue weighted by Crippen LogP contribution is -2.49. The molecule has 9 nitrogen and oxygen atoms in total. The van der Waals surface area contributed by atoms with Gasteiger partial charge in [0.1, 0.15) is 0 Å². The quantitative estimate of drug-likeness (QED) is 0.375. The van der Waals surface area contributed by atoms with Gasteiger partial charge in [0.25, 0.3) is 0 Å². The van der Waals surface area contributed by atoms with Gasteiger partial charge in [0.05, 0.1) is 6.42 Å². The second-order valence-corrected chi connectivity index (χ2v) is 9.18. The Kier molecular flexibility index (Phi) is 10.1. The predicted molar refractivity (Wildman–Crippen MR) is 116 cm³/mol. The van der Waals surface area contributed by atoms with E-state index in [1.165, 1.54) is 19.3 Å². The van der Waals surface area contributed by atoms with Crippen molar-refractivity contribution in [2.75, 3.05) is 0 Å². The Morgan fingerprint density at radius 3 is 1.84 bits per heavy atom. The number of carbonyl (C=O) groups is 4. The van der Waals surface area contributed by atoms with Crippen LogP contribution in [0.3, 0.4) is 0 Å². The molecule has 9 heteroatoms. The van der Waals surface area contributed by atoms with Crippen molar-refractivity contribution in [3.63, 3.8) is 0 Å². The minimum Gasteiger partial charge on any atom is -0.481 e. The van der Waals surface area contributed by atoms with Crippen LogP contribution in [-0.4, -0.2) is 53.1 Å². The summed E-state index contributed by atoms with van der Waals surface area (Å²) in [6.45, 7) is 3.29. The molecule has 0 spiro atoms. The Morgan fingerprint density at radius 2 is 1.29 bits per heavy atom. The van der Waals surface area contributed by atoms with Gasteiger partial charge in [0.15, 0.2) is 0 Å². The van der Waals surface area contributed by atoms with Crippen molar-refractivity contribution >= 4 is 23.8 Å². The number of aliphatic carboxylic acids is 1. The van der Waals surface area contributed by atoms with Gasteiger partial charge in [-0.25, -0.2) is 4.79 Å². The van der Waals surface area contributed by atoms with E-state index in [0.29, 0.717) is 0 Å². The zero-order valence-electron chi connectivity index (χ0n) is 18.7. The van der Waals surface area contributed by atoms with E-state index in [-0.39, 0.29) is 48.8 Å². The second kappa shape index (κ2) is 12.5. The van der Waals surface area contributed by atoms with E-state index in [1.54, 1.807) is 13.8 Å². The molecule has 5 N–H and O–H groups in total. The number of carbonyl (C=O) groups excluding carboxylic acids is 3. The van der Waals surface area contributed by atoms with E-state index < -0.39 is 17.9 Å². The number of nitrogens with one attached hydrogen (secondary N) is 4. The molecular weight excluding hydrogens is 400 g/mol. The minimum absolute atomic E-state index is 0.0492. The first-order chi connectivity index (χ1) is 14.7. The summed E-state index contributed by atoms with van der Waals surface area (Å²) >= 11 is 0. The van der Waals surface area contributed by atoms with E-state index in [1.807, 2.05) is 0 Å². The highest BCUT2D eigenvalue weighted by molar-refractivity contribution is 5.86. The molecule has 1 unspecified atom stereocenters. The molecule has 0 saturated heterocycles. The van der Waals surface area contributed by atoms with Gasteiger partial charge in [0, 0.05) is 36.5 Å². The Morgan fingerprint density at radius 1 is 0.774 bits per heavy atom. The van der Waals surface area contributed by atoms with Crippen LogP contribution in [0.2, 0.25) is 0 Å². The fourth-order valence-electron chi connectivity index (χ4n) is 4.40. The van der Waals surface area contributed by atoms with Gasteiger partial charge in [-0.15, -0.1) is 0 Å². The SMILES string of the molecule is CC(CC(=O)NC1CCC(NC(=O)NC2CCCCC2)CC1)C(=O)N[C@H](C)CC(=O)O. The Balaban J connectivity index is 1.62. The lowest BCUT2D eigenvalue weighted by atomic mass is 9.91. The van der Waals surface area contributed by atoms with Crippen LogP contribution in [-0.2, 0) is 14.4 Å². The van der Waals surface area contributed by atoms with Crippen molar-refractivity contribution in [2.24, 2.45) is 5.92 Å². The first-order valence-corrected chi connectivity index (χ1v) is 11.6. The summed E-state index contributed by atoms with van der Waals surface area (Å²) in [5.74, 6) is -2.01. The molecule has 176 valence electrons. The predicted octanol–water partition coefficient (Wildman–Crippen LogP) is 2.05. The maximum atomic E-state index is 12.3. The largest absolute Gasteiger partial charge is 0.481 e. The van der Waals surface area contributed by atoms with Crippen LogP contribution in [0, 0.1) is 5.92 Å². The molecule has 2 aliphatic rings. The van der Waals surface area contributed by atoms with Gasteiger partial charge in [-0.3, -0.25) is 14.4 Å². The van der Waals surface area contributed by atoms with Crippen molar-refractivity contribution in [1.29, 1.82) is 0 Å². The highest BCUT2D eigenvalue weighted by Gasteiger charge is 2.26. The molecule has 4 amide bonds. The van der Waals surface area contributed by atoms with Gasteiger partial charge in [0.2, 0.25) is 11.8 Å². The lowest BCUT2D eigenvalue weighted by molar-refractivity contribution is -0.138. The molecule has 2 saturated carbocycles.